The molecule has 6 heteroatoms. The molecule has 2 aromatic heterocycles. The third-order valence-corrected chi connectivity index (χ3v) is 2.45. The Bertz CT molecular complexity index is 545. The normalized spacial score (nSPS) is 8.60. The average Bonchev–Trinajstić information content (AvgIpc) is 3.16. The van der Waals surface area contributed by atoms with Crippen molar-refractivity contribution in [3.8, 4) is 11.3 Å². The predicted molar refractivity (Wildman–Crippen MR) is 85.7 cm³/mol. The summed E-state index contributed by atoms with van der Waals surface area (Å²) in [6.07, 6.45) is 3.45. The number of hydrogen-bond donors (Lipinski definition) is 2. The molecule has 0 spiro atoms. The molecule has 0 saturated carbocycles. The van der Waals surface area contributed by atoms with E-state index in [4.69, 9.17) is 9.52 Å². The highest BCUT2D eigenvalue weighted by molar-refractivity contribution is 7.79. The molecular weight excluding hydrogens is 292 g/mol. The fraction of sp³-hybridized carbons (Fsp3) is 0. The lowest BCUT2D eigenvalue weighted by atomic mass is 10.2. The zero-order valence-corrected chi connectivity index (χ0v) is 12.2. The summed E-state index contributed by atoms with van der Waals surface area (Å²) in [4.78, 5) is 3.74. The Hall–Kier alpha value is -2.18. The molecule has 0 saturated heterocycles. The Balaban J connectivity index is 0.000000185. The Labute approximate surface area is 126 Å². The van der Waals surface area contributed by atoms with E-state index in [1.165, 1.54) is 0 Å². The van der Waals surface area contributed by atoms with Gasteiger partial charge in [0, 0.05) is 17.1 Å². The maximum absolute atomic E-state index is 7.56. The van der Waals surface area contributed by atoms with Crippen LogP contribution in [0.1, 0.15) is 0 Å². The number of thiazole rings is 1. The third kappa shape index (κ3) is 7.30. The van der Waals surface area contributed by atoms with Crippen molar-refractivity contribution in [2.24, 2.45) is 5.73 Å². The van der Waals surface area contributed by atoms with E-state index in [0.29, 0.717) is 0 Å². The van der Waals surface area contributed by atoms with Crippen molar-refractivity contribution in [2.75, 3.05) is 0 Å². The van der Waals surface area contributed by atoms with Gasteiger partial charge >= 0.3 is 0 Å². The van der Waals surface area contributed by atoms with Gasteiger partial charge < -0.3 is 15.3 Å². The lowest BCUT2D eigenvalue weighted by molar-refractivity contribution is 0.560. The van der Waals surface area contributed by atoms with Crippen LogP contribution in [0.15, 0.2) is 70.2 Å². The van der Waals surface area contributed by atoms with Crippen molar-refractivity contribution in [3.63, 3.8) is 0 Å². The summed E-state index contributed by atoms with van der Waals surface area (Å²) in [7, 11) is 0. The third-order valence-electron chi connectivity index (χ3n) is 1.93. The van der Waals surface area contributed by atoms with Gasteiger partial charge in [-0.05, 0) is 24.4 Å². The number of hydrogen-bond acceptors (Lipinski definition) is 4. The van der Waals surface area contributed by atoms with Crippen LogP contribution in [0.25, 0.3) is 11.3 Å². The van der Waals surface area contributed by atoms with E-state index in [1.54, 1.807) is 29.3 Å². The molecule has 0 atom stereocenters. The smallest absolute Gasteiger partial charge is 0.251 e. The quantitative estimate of drug-likeness (QED) is 0.668. The number of thiocarbonyl (C=S) groups is 1. The minimum Gasteiger partial charge on any atom is -0.487 e. The topological polar surface area (TPSA) is 72.3 Å². The lowest BCUT2D eigenvalue weighted by Gasteiger charge is -1.92. The molecular formula is C14H14N2O2S2. The van der Waals surface area contributed by atoms with E-state index < -0.39 is 5.17 Å². The zero-order valence-electron chi connectivity index (χ0n) is 10.5. The van der Waals surface area contributed by atoms with Crippen LogP contribution in [0.4, 0.5) is 0 Å². The summed E-state index contributed by atoms with van der Waals surface area (Å²) in [5.74, 6) is 0.922. The molecule has 3 aromatic rings. The van der Waals surface area contributed by atoms with Crippen molar-refractivity contribution in [1.29, 1.82) is 0 Å². The molecule has 20 heavy (non-hydrogen) atoms. The van der Waals surface area contributed by atoms with E-state index in [-0.39, 0.29) is 0 Å². The van der Waals surface area contributed by atoms with Gasteiger partial charge in [0.2, 0.25) is 0 Å². The Morgan fingerprint density at radius 1 is 1.20 bits per heavy atom. The molecule has 2 heterocycles. The first kappa shape index (κ1) is 15.9. The highest BCUT2D eigenvalue weighted by atomic mass is 32.1. The fourth-order valence-corrected chi connectivity index (χ4v) is 1.57. The van der Waals surface area contributed by atoms with Gasteiger partial charge in [-0.1, -0.05) is 30.3 Å². The first-order chi connectivity index (χ1) is 9.70. The van der Waals surface area contributed by atoms with Gasteiger partial charge in [0.15, 0.2) is 0 Å². The van der Waals surface area contributed by atoms with Gasteiger partial charge in [0.25, 0.3) is 5.17 Å². The molecule has 0 fully saturated rings. The molecule has 0 aliphatic rings. The SMILES string of the molecule is NC(O)=S.c1ccc(-c2ccco2)cc1.c1cscn1. The van der Waals surface area contributed by atoms with Gasteiger partial charge in [-0.25, -0.2) is 0 Å². The summed E-state index contributed by atoms with van der Waals surface area (Å²) < 4.78 is 5.22. The molecule has 0 bridgehead atoms. The van der Waals surface area contributed by atoms with Crippen molar-refractivity contribution >= 4 is 28.7 Å². The van der Waals surface area contributed by atoms with Crippen molar-refractivity contribution in [3.05, 3.63) is 65.8 Å². The summed E-state index contributed by atoms with van der Waals surface area (Å²) in [5.41, 5.74) is 7.31. The number of aliphatic hydroxyl groups is 1. The number of nitrogens with zero attached hydrogens (tertiary/aromatic N) is 1. The Morgan fingerprint density at radius 3 is 2.30 bits per heavy atom. The second kappa shape index (κ2) is 9.71. The van der Waals surface area contributed by atoms with Crippen LogP contribution in [-0.4, -0.2) is 15.3 Å². The number of aliphatic hydroxyl groups excluding tert-OH is 1. The highest BCUT2D eigenvalue weighted by Gasteiger charge is 1.95. The molecule has 4 nitrogen and oxygen atoms in total. The van der Waals surface area contributed by atoms with Crippen LogP contribution in [0, 0.1) is 0 Å². The molecule has 0 unspecified atom stereocenters. The van der Waals surface area contributed by atoms with Gasteiger partial charge in [0.05, 0.1) is 11.8 Å². The van der Waals surface area contributed by atoms with E-state index in [9.17, 15) is 0 Å². The first-order valence-electron chi connectivity index (χ1n) is 5.59. The van der Waals surface area contributed by atoms with Crippen LogP contribution in [0.2, 0.25) is 0 Å². The number of furan rings is 1. The molecule has 0 radical (unpaired) electrons. The van der Waals surface area contributed by atoms with Crippen molar-refractivity contribution in [1.82, 2.24) is 4.98 Å². The van der Waals surface area contributed by atoms with Crippen LogP contribution in [0.3, 0.4) is 0 Å². The largest absolute Gasteiger partial charge is 0.487 e. The van der Waals surface area contributed by atoms with Crippen LogP contribution >= 0.6 is 23.6 Å². The minimum atomic E-state index is -0.500. The van der Waals surface area contributed by atoms with Crippen LogP contribution < -0.4 is 5.73 Å². The molecule has 3 N–H and O–H groups in total. The van der Waals surface area contributed by atoms with E-state index in [1.807, 2.05) is 47.8 Å². The predicted octanol–water partition coefficient (Wildman–Crippen LogP) is 3.88. The summed E-state index contributed by atoms with van der Waals surface area (Å²) in [5, 5.41) is 9.00. The summed E-state index contributed by atoms with van der Waals surface area (Å²) in [6.45, 7) is 0. The number of aromatic nitrogens is 1. The minimum absolute atomic E-state index is 0.500. The summed E-state index contributed by atoms with van der Waals surface area (Å²) >= 11 is 5.47. The Morgan fingerprint density at radius 2 is 1.90 bits per heavy atom. The van der Waals surface area contributed by atoms with E-state index >= 15 is 0 Å². The second-order valence-corrected chi connectivity index (χ2v) is 4.53. The lowest BCUT2D eigenvalue weighted by Crippen LogP contribution is -2.03. The zero-order chi connectivity index (χ0) is 14.6. The van der Waals surface area contributed by atoms with E-state index in [2.05, 4.69) is 22.9 Å². The molecule has 3 rings (SSSR count). The summed E-state index contributed by atoms with van der Waals surface area (Å²) in [6, 6.07) is 13.9. The fourth-order valence-electron chi connectivity index (χ4n) is 1.22. The van der Waals surface area contributed by atoms with Crippen molar-refractivity contribution in [2.45, 2.75) is 0 Å². The monoisotopic (exact) mass is 306 g/mol. The van der Waals surface area contributed by atoms with Crippen LogP contribution in [-0.2, 0) is 0 Å². The molecule has 0 amide bonds. The molecule has 104 valence electrons. The maximum atomic E-state index is 7.56. The van der Waals surface area contributed by atoms with E-state index in [0.717, 1.165) is 11.3 Å². The second-order valence-electron chi connectivity index (χ2n) is 3.36. The number of benzene rings is 1. The van der Waals surface area contributed by atoms with Gasteiger partial charge in [-0.3, -0.25) is 4.98 Å². The van der Waals surface area contributed by atoms with Crippen LogP contribution in [0.5, 0.6) is 0 Å². The Kier molecular flexibility index (Phi) is 7.71. The van der Waals surface area contributed by atoms with Gasteiger partial charge in [-0.15, -0.1) is 11.3 Å². The molecule has 0 aliphatic carbocycles. The highest BCUT2D eigenvalue weighted by Crippen LogP contribution is 2.18. The standard InChI is InChI=1S/C10H8O.C3H3NS.CH3NOS/c1-2-5-9(6-3-1)10-7-4-8-11-10;1-2-5-3-4-1;2-1(3)4/h1-8H;1-3H;(H3,2,3,4). The van der Waals surface area contributed by atoms with Crippen molar-refractivity contribution < 1.29 is 9.52 Å². The number of rotatable bonds is 1. The average molecular weight is 306 g/mol. The maximum Gasteiger partial charge on any atom is 0.251 e. The number of nitrogens with two attached hydrogens (primary N) is 1. The molecule has 1 aromatic carbocycles. The molecule has 0 aliphatic heterocycles. The van der Waals surface area contributed by atoms with Gasteiger partial charge in [0.1, 0.15) is 5.76 Å². The van der Waals surface area contributed by atoms with Gasteiger partial charge in [-0.2, -0.15) is 0 Å². The first-order valence-corrected chi connectivity index (χ1v) is 6.94.